The number of ether oxygens (including phenoxy) is 3. The second kappa shape index (κ2) is 17.2. The van der Waals surface area contributed by atoms with Crippen molar-refractivity contribution < 1.29 is 28.9 Å². The van der Waals surface area contributed by atoms with E-state index in [1.54, 1.807) is 11.8 Å². The van der Waals surface area contributed by atoms with Crippen molar-refractivity contribution in [1.82, 2.24) is 10.2 Å². The maximum absolute atomic E-state index is 12.9. The van der Waals surface area contributed by atoms with Crippen molar-refractivity contribution in [2.24, 2.45) is 0 Å². The largest absolute Gasteiger partial charge is 0.492 e. The first kappa shape index (κ1) is 28.9. The van der Waals surface area contributed by atoms with E-state index in [1.807, 2.05) is 24.3 Å². The maximum Gasteiger partial charge on any atom is 0.333 e. The minimum absolute atomic E-state index is 0.0522. The standard InChI is InChI=1S/C27H44N2O6/c1-3-5-9-18-33-19-16-29(27(32)28-23-10-7-6-8-11-23)17-20-35-24-14-12-22(13-15-24)21-25(26(30)31)34-4-2/h12-15,23,25H,3-11,16-21H2,1-2H3,(H,28,32)(H,30,31). The number of urea groups is 1. The molecule has 0 aliphatic heterocycles. The predicted octanol–water partition coefficient (Wildman–Crippen LogP) is 4.65. The van der Waals surface area contributed by atoms with Crippen LogP contribution in [0.3, 0.4) is 0 Å². The molecule has 8 heteroatoms. The van der Waals surface area contributed by atoms with Gasteiger partial charge in [0.1, 0.15) is 12.4 Å². The van der Waals surface area contributed by atoms with E-state index in [2.05, 4.69) is 12.2 Å². The van der Waals surface area contributed by atoms with Gasteiger partial charge in [-0.1, -0.05) is 51.2 Å². The van der Waals surface area contributed by atoms with Crippen LogP contribution in [0, 0.1) is 0 Å². The molecule has 8 nitrogen and oxygen atoms in total. The van der Waals surface area contributed by atoms with Gasteiger partial charge >= 0.3 is 12.0 Å². The highest BCUT2D eigenvalue weighted by Gasteiger charge is 2.20. The van der Waals surface area contributed by atoms with Crippen molar-refractivity contribution in [3.05, 3.63) is 29.8 Å². The summed E-state index contributed by atoms with van der Waals surface area (Å²) in [6, 6.07) is 7.55. The zero-order valence-corrected chi connectivity index (χ0v) is 21.5. The van der Waals surface area contributed by atoms with Crippen LogP contribution in [-0.4, -0.2) is 73.7 Å². The summed E-state index contributed by atoms with van der Waals surface area (Å²) < 4.78 is 16.9. The molecule has 198 valence electrons. The van der Waals surface area contributed by atoms with E-state index in [1.165, 1.54) is 19.3 Å². The molecular weight excluding hydrogens is 448 g/mol. The van der Waals surface area contributed by atoms with Crippen molar-refractivity contribution in [3.63, 3.8) is 0 Å². The van der Waals surface area contributed by atoms with Gasteiger partial charge in [-0.2, -0.15) is 0 Å². The Balaban J connectivity index is 1.82. The van der Waals surface area contributed by atoms with E-state index >= 15 is 0 Å². The second-order valence-corrected chi connectivity index (χ2v) is 9.07. The third-order valence-corrected chi connectivity index (χ3v) is 6.24. The third-order valence-electron chi connectivity index (χ3n) is 6.24. The lowest BCUT2D eigenvalue weighted by Gasteiger charge is -2.28. The van der Waals surface area contributed by atoms with Gasteiger partial charge in [0.05, 0.1) is 13.2 Å². The van der Waals surface area contributed by atoms with Gasteiger partial charge in [0, 0.05) is 32.2 Å². The molecule has 0 heterocycles. The molecule has 35 heavy (non-hydrogen) atoms. The molecule has 2 amide bonds. The topological polar surface area (TPSA) is 97.3 Å². The minimum atomic E-state index is -0.965. The molecule has 2 rings (SSSR count). The van der Waals surface area contributed by atoms with E-state index in [0.29, 0.717) is 45.1 Å². The van der Waals surface area contributed by atoms with E-state index in [-0.39, 0.29) is 12.1 Å². The number of carboxylic acids is 1. The number of carboxylic acid groups (broad SMARTS) is 1. The SMILES string of the molecule is CCCCCOCCN(CCOc1ccc(CC(OCC)C(=O)O)cc1)C(=O)NC1CCCCC1. The van der Waals surface area contributed by atoms with Crippen LogP contribution in [0.4, 0.5) is 4.79 Å². The van der Waals surface area contributed by atoms with E-state index < -0.39 is 12.1 Å². The average Bonchev–Trinajstić information content (AvgIpc) is 2.86. The number of unbranched alkanes of at least 4 members (excludes halogenated alkanes) is 2. The summed E-state index contributed by atoms with van der Waals surface area (Å²) in [6.07, 6.45) is 8.47. The summed E-state index contributed by atoms with van der Waals surface area (Å²) in [5.41, 5.74) is 0.868. The molecule has 1 aliphatic rings. The Bertz CT molecular complexity index is 721. The smallest absolute Gasteiger partial charge is 0.333 e. The highest BCUT2D eigenvalue weighted by atomic mass is 16.5. The lowest BCUT2D eigenvalue weighted by atomic mass is 9.96. The fourth-order valence-electron chi connectivity index (χ4n) is 4.19. The van der Waals surface area contributed by atoms with Crippen molar-refractivity contribution >= 4 is 12.0 Å². The summed E-state index contributed by atoms with van der Waals surface area (Å²) in [7, 11) is 0. The molecule has 0 spiro atoms. The van der Waals surface area contributed by atoms with Crippen LogP contribution in [0.5, 0.6) is 5.75 Å². The van der Waals surface area contributed by atoms with Crippen LogP contribution < -0.4 is 10.1 Å². The molecule has 1 aromatic carbocycles. The Morgan fingerprint density at radius 2 is 1.74 bits per heavy atom. The Morgan fingerprint density at radius 3 is 2.40 bits per heavy atom. The lowest BCUT2D eigenvalue weighted by Crippen LogP contribution is -2.47. The highest BCUT2D eigenvalue weighted by Crippen LogP contribution is 2.18. The van der Waals surface area contributed by atoms with Crippen LogP contribution in [0.25, 0.3) is 0 Å². The molecule has 0 radical (unpaired) electrons. The summed E-state index contributed by atoms with van der Waals surface area (Å²) >= 11 is 0. The summed E-state index contributed by atoms with van der Waals surface area (Å²) in [6.45, 7) is 6.90. The van der Waals surface area contributed by atoms with Crippen LogP contribution in [0.2, 0.25) is 0 Å². The number of amides is 2. The summed E-state index contributed by atoms with van der Waals surface area (Å²) in [4.78, 5) is 26.0. The van der Waals surface area contributed by atoms with Crippen molar-refractivity contribution in [2.45, 2.75) is 83.8 Å². The van der Waals surface area contributed by atoms with Crippen LogP contribution >= 0.6 is 0 Å². The highest BCUT2D eigenvalue weighted by molar-refractivity contribution is 5.74. The van der Waals surface area contributed by atoms with Gasteiger partial charge in [-0.25, -0.2) is 9.59 Å². The molecule has 1 atom stereocenters. The predicted molar refractivity (Wildman–Crippen MR) is 136 cm³/mol. The molecule has 2 N–H and O–H groups in total. The number of carbonyl (C=O) groups is 2. The first-order valence-corrected chi connectivity index (χ1v) is 13.2. The van der Waals surface area contributed by atoms with Gasteiger partial charge in [-0.3, -0.25) is 0 Å². The van der Waals surface area contributed by atoms with Crippen molar-refractivity contribution in [1.29, 1.82) is 0 Å². The van der Waals surface area contributed by atoms with Gasteiger partial charge in [-0.15, -0.1) is 0 Å². The monoisotopic (exact) mass is 492 g/mol. The van der Waals surface area contributed by atoms with Crippen LogP contribution in [0.1, 0.15) is 70.8 Å². The van der Waals surface area contributed by atoms with Gasteiger partial charge in [0.15, 0.2) is 6.10 Å². The van der Waals surface area contributed by atoms with E-state index in [4.69, 9.17) is 14.2 Å². The molecule has 0 bridgehead atoms. The molecule has 1 unspecified atom stereocenters. The number of rotatable bonds is 17. The van der Waals surface area contributed by atoms with Crippen LogP contribution in [-0.2, 0) is 20.7 Å². The number of nitrogens with one attached hydrogen (secondary N) is 1. The van der Waals surface area contributed by atoms with Gasteiger partial charge in [0.2, 0.25) is 0 Å². The van der Waals surface area contributed by atoms with E-state index in [0.717, 1.165) is 44.3 Å². The average molecular weight is 493 g/mol. The molecule has 1 fully saturated rings. The van der Waals surface area contributed by atoms with Gasteiger partial charge < -0.3 is 29.5 Å². The number of hydrogen-bond donors (Lipinski definition) is 2. The number of aliphatic carboxylic acids is 1. The Morgan fingerprint density at radius 1 is 1.03 bits per heavy atom. The summed E-state index contributed by atoms with van der Waals surface area (Å²) in [5.74, 6) is -0.284. The first-order chi connectivity index (χ1) is 17.0. The lowest BCUT2D eigenvalue weighted by molar-refractivity contribution is -0.149. The second-order valence-electron chi connectivity index (χ2n) is 9.07. The van der Waals surface area contributed by atoms with E-state index in [9.17, 15) is 14.7 Å². The molecule has 0 saturated heterocycles. The number of carbonyl (C=O) groups excluding carboxylic acids is 1. The first-order valence-electron chi connectivity index (χ1n) is 13.2. The molecule has 1 aliphatic carbocycles. The number of benzene rings is 1. The fourth-order valence-corrected chi connectivity index (χ4v) is 4.19. The van der Waals surface area contributed by atoms with Gasteiger partial charge in [0.25, 0.3) is 0 Å². The third kappa shape index (κ3) is 11.8. The molecule has 0 aromatic heterocycles. The number of nitrogens with zero attached hydrogens (tertiary/aromatic N) is 1. The Hall–Kier alpha value is -2.32. The Kier molecular flexibility index (Phi) is 14.2. The van der Waals surface area contributed by atoms with Crippen molar-refractivity contribution in [3.8, 4) is 5.75 Å². The molecular formula is C27H44N2O6. The quantitative estimate of drug-likeness (QED) is 0.307. The summed E-state index contributed by atoms with van der Waals surface area (Å²) in [5, 5.41) is 12.4. The van der Waals surface area contributed by atoms with Crippen LogP contribution in [0.15, 0.2) is 24.3 Å². The number of hydrogen-bond acceptors (Lipinski definition) is 5. The Labute approximate surface area is 210 Å². The zero-order chi connectivity index (χ0) is 25.3. The van der Waals surface area contributed by atoms with Crippen molar-refractivity contribution in [2.75, 3.05) is 39.5 Å². The fraction of sp³-hybridized carbons (Fsp3) is 0.704. The molecule has 1 saturated carbocycles. The molecule has 1 aromatic rings. The normalized spacial score (nSPS) is 14.9. The minimum Gasteiger partial charge on any atom is -0.492 e. The zero-order valence-electron chi connectivity index (χ0n) is 21.5. The maximum atomic E-state index is 12.9. The van der Waals surface area contributed by atoms with Gasteiger partial charge in [-0.05, 0) is 43.9 Å².